The van der Waals surface area contributed by atoms with Crippen molar-refractivity contribution in [2.75, 3.05) is 19.6 Å². The van der Waals surface area contributed by atoms with Crippen LogP contribution >= 0.6 is 11.6 Å². The number of ether oxygens (including phenoxy) is 4. The van der Waals surface area contributed by atoms with Crippen LogP contribution in [0.4, 0.5) is 4.79 Å². The molecule has 0 radical (unpaired) electrons. The van der Waals surface area contributed by atoms with Gasteiger partial charge in [0.15, 0.2) is 0 Å². The summed E-state index contributed by atoms with van der Waals surface area (Å²) in [5, 5.41) is 2.11. The molecule has 1 saturated carbocycles. The molecule has 2 heterocycles. The number of epoxide rings is 2. The lowest BCUT2D eigenvalue weighted by molar-refractivity contribution is -0.124. The highest BCUT2D eigenvalue weighted by Crippen LogP contribution is 2.59. The van der Waals surface area contributed by atoms with Crippen LogP contribution in [-0.2, 0) is 23.7 Å². The monoisotopic (exact) mass is 401 g/mol. The number of carbonyl (C=O) groups is 2. The smallest absolute Gasteiger partial charge is 0.414 e. The van der Waals surface area contributed by atoms with Gasteiger partial charge in [0.1, 0.15) is 29.3 Å². The Hall–Kier alpha value is -1.15. The normalized spacial score (nSPS) is 39.6. The number of rotatable bonds is 6. The Kier molecular flexibility index (Phi) is 5.87. The lowest BCUT2D eigenvalue weighted by Gasteiger charge is -2.42. The standard InChI is InChI=1S/C19H28ClNO6/c1-11(2)5-6-13-18(3,27-13)16-15(24-4)12(7-8-19(16)10-25-19)26-17(23)21-14(22)9-20/h5,12-13,15-16H,6-10H2,1-4H3,(H,21,22,23)/t12-,13+,15-,16?,18+,19+/m1/s1. The predicted octanol–water partition coefficient (Wildman–Crippen LogP) is 2.55. The van der Waals surface area contributed by atoms with E-state index in [9.17, 15) is 9.59 Å². The summed E-state index contributed by atoms with van der Waals surface area (Å²) in [6.45, 7) is 6.87. The van der Waals surface area contributed by atoms with Crippen molar-refractivity contribution in [2.45, 2.75) is 69.5 Å². The molecule has 1 unspecified atom stereocenters. The molecule has 0 aromatic carbocycles. The molecule has 1 spiro atoms. The quantitative estimate of drug-likeness (QED) is 0.418. The fourth-order valence-electron chi connectivity index (χ4n) is 4.38. The Balaban J connectivity index is 1.73. The van der Waals surface area contributed by atoms with E-state index in [1.54, 1.807) is 7.11 Å². The summed E-state index contributed by atoms with van der Waals surface area (Å²) in [7, 11) is 1.61. The maximum atomic E-state index is 12.0. The third kappa shape index (κ3) is 4.16. The van der Waals surface area contributed by atoms with Crippen molar-refractivity contribution in [3.63, 3.8) is 0 Å². The van der Waals surface area contributed by atoms with Crippen LogP contribution < -0.4 is 5.32 Å². The second-order valence-electron chi connectivity index (χ2n) is 8.00. The first-order valence-electron chi connectivity index (χ1n) is 9.30. The van der Waals surface area contributed by atoms with Crippen LogP contribution in [0.15, 0.2) is 11.6 Å². The zero-order valence-electron chi connectivity index (χ0n) is 16.2. The molecule has 3 aliphatic rings. The summed E-state index contributed by atoms with van der Waals surface area (Å²) in [5.41, 5.74) is 0.574. The first kappa shape index (κ1) is 20.6. The minimum absolute atomic E-state index is 0.0548. The average Bonchev–Trinajstić information content (AvgIpc) is 3.52. The summed E-state index contributed by atoms with van der Waals surface area (Å²) >= 11 is 5.42. The Bertz CT molecular complexity index is 630. The molecule has 3 fully saturated rings. The van der Waals surface area contributed by atoms with Crippen LogP contribution in [-0.4, -0.2) is 61.1 Å². The fraction of sp³-hybridized carbons (Fsp3) is 0.789. The first-order valence-corrected chi connectivity index (χ1v) is 9.83. The van der Waals surface area contributed by atoms with E-state index < -0.39 is 23.7 Å². The molecule has 152 valence electrons. The van der Waals surface area contributed by atoms with Crippen LogP contribution in [0.1, 0.15) is 40.0 Å². The zero-order valence-corrected chi connectivity index (χ0v) is 17.0. The van der Waals surface area contributed by atoms with Crippen molar-refractivity contribution in [2.24, 2.45) is 5.92 Å². The number of alkyl halides is 1. The van der Waals surface area contributed by atoms with Crippen molar-refractivity contribution in [1.29, 1.82) is 0 Å². The van der Waals surface area contributed by atoms with Crippen molar-refractivity contribution < 1.29 is 28.5 Å². The number of imide groups is 1. The van der Waals surface area contributed by atoms with Crippen LogP contribution in [0, 0.1) is 5.92 Å². The number of amides is 2. The van der Waals surface area contributed by atoms with E-state index in [0.717, 1.165) is 12.8 Å². The molecular weight excluding hydrogens is 374 g/mol. The minimum Gasteiger partial charge on any atom is -0.443 e. The molecule has 1 N–H and O–H groups in total. The number of halogens is 1. The largest absolute Gasteiger partial charge is 0.443 e. The number of hydrogen-bond donors (Lipinski definition) is 1. The van der Waals surface area contributed by atoms with Gasteiger partial charge >= 0.3 is 6.09 Å². The Labute approximate surface area is 164 Å². The van der Waals surface area contributed by atoms with Gasteiger partial charge in [-0.2, -0.15) is 0 Å². The summed E-state index contributed by atoms with van der Waals surface area (Å²) in [6.07, 6.45) is 2.78. The third-order valence-corrected chi connectivity index (χ3v) is 6.10. The molecule has 2 saturated heterocycles. The topological polar surface area (TPSA) is 89.7 Å². The summed E-state index contributed by atoms with van der Waals surface area (Å²) < 4.78 is 23.2. The van der Waals surface area contributed by atoms with Gasteiger partial charge in [-0.15, -0.1) is 11.6 Å². The Morgan fingerprint density at radius 2 is 2.07 bits per heavy atom. The Morgan fingerprint density at radius 1 is 1.37 bits per heavy atom. The van der Waals surface area contributed by atoms with Gasteiger partial charge in [0.05, 0.1) is 18.6 Å². The van der Waals surface area contributed by atoms with E-state index in [1.165, 1.54) is 5.57 Å². The lowest BCUT2D eigenvalue weighted by Crippen LogP contribution is -2.56. The van der Waals surface area contributed by atoms with Crippen LogP contribution in [0.3, 0.4) is 0 Å². The predicted molar refractivity (Wildman–Crippen MR) is 98.7 cm³/mol. The molecule has 0 bridgehead atoms. The SMILES string of the molecule is CO[C@H]1C([C@@]2(C)O[C@H]2CC=C(C)C)[C@]2(CC[C@H]1OC(=O)NC(=O)CCl)CO2. The van der Waals surface area contributed by atoms with Crippen molar-refractivity contribution in [3.8, 4) is 0 Å². The summed E-state index contributed by atoms with van der Waals surface area (Å²) in [5.74, 6) is -0.949. The zero-order chi connectivity index (χ0) is 19.8. The third-order valence-electron chi connectivity index (χ3n) is 5.86. The maximum Gasteiger partial charge on any atom is 0.414 e. The number of allylic oxidation sites excluding steroid dienone is 1. The van der Waals surface area contributed by atoms with Gasteiger partial charge in [0.25, 0.3) is 0 Å². The van der Waals surface area contributed by atoms with E-state index in [-0.39, 0.29) is 29.6 Å². The maximum absolute atomic E-state index is 12.0. The van der Waals surface area contributed by atoms with Crippen molar-refractivity contribution in [1.82, 2.24) is 5.32 Å². The first-order chi connectivity index (χ1) is 12.8. The second-order valence-corrected chi connectivity index (χ2v) is 8.27. The molecule has 3 rings (SSSR count). The lowest BCUT2D eigenvalue weighted by atomic mass is 9.68. The fourth-order valence-corrected chi connectivity index (χ4v) is 4.45. The molecule has 0 aromatic heterocycles. The average molecular weight is 402 g/mol. The highest BCUT2D eigenvalue weighted by atomic mass is 35.5. The van der Waals surface area contributed by atoms with E-state index in [0.29, 0.717) is 13.0 Å². The number of carbonyl (C=O) groups excluding carboxylic acids is 2. The van der Waals surface area contributed by atoms with Gasteiger partial charge in [-0.05, 0) is 40.0 Å². The number of alkyl carbamates (subject to hydrolysis) is 1. The highest BCUT2D eigenvalue weighted by Gasteiger charge is 2.72. The van der Waals surface area contributed by atoms with E-state index in [1.807, 2.05) is 0 Å². The van der Waals surface area contributed by atoms with Gasteiger partial charge in [-0.1, -0.05) is 11.6 Å². The molecule has 2 aliphatic heterocycles. The van der Waals surface area contributed by atoms with E-state index >= 15 is 0 Å². The molecule has 1 aliphatic carbocycles. The second kappa shape index (κ2) is 7.70. The molecule has 7 nitrogen and oxygen atoms in total. The van der Waals surface area contributed by atoms with E-state index in [4.69, 9.17) is 30.5 Å². The molecular formula is C19H28ClNO6. The Morgan fingerprint density at radius 3 is 2.63 bits per heavy atom. The molecule has 2 amide bonds. The summed E-state index contributed by atoms with van der Waals surface area (Å²) in [4.78, 5) is 23.3. The van der Waals surface area contributed by atoms with Crippen LogP contribution in [0.2, 0.25) is 0 Å². The number of hydrogen-bond acceptors (Lipinski definition) is 6. The van der Waals surface area contributed by atoms with Gasteiger partial charge in [-0.25, -0.2) is 4.79 Å². The number of methoxy groups -OCH3 is 1. The van der Waals surface area contributed by atoms with Crippen LogP contribution in [0.5, 0.6) is 0 Å². The van der Waals surface area contributed by atoms with Crippen LogP contribution in [0.25, 0.3) is 0 Å². The van der Waals surface area contributed by atoms with E-state index in [2.05, 4.69) is 32.2 Å². The molecule has 8 heteroatoms. The van der Waals surface area contributed by atoms with Crippen molar-refractivity contribution >= 4 is 23.6 Å². The minimum atomic E-state index is -0.804. The number of nitrogens with one attached hydrogen (secondary N) is 1. The molecule has 6 atom stereocenters. The van der Waals surface area contributed by atoms with Gasteiger partial charge in [-0.3, -0.25) is 10.1 Å². The van der Waals surface area contributed by atoms with Gasteiger partial charge in [0.2, 0.25) is 5.91 Å². The molecule has 0 aromatic rings. The highest BCUT2D eigenvalue weighted by molar-refractivity contribution is 6.28. The van der Waals surface area contributed by atoms with Crippen molar-refractivity contribution in [3.05, 3.63) is 11.6 Å². The van der Waals surface area contributed by atoms with Gasteiger partial charge < -0.3 is 18.9 Å². The summed E-state index contributed by atoms with van der Waals surface area (Å²) in [6, 6.07) is 0. The molecule has 27 heavy (non-hydrogen) atoms. The van der Waals surface area contributed by atoms with Gasteiger partial charge in [0, 0.05) is 7.11 Å².